The van der Waals surface area contributed by atoms with E-state index in [1.54, 1.807) is 36.4 Å². The van der Waals surface area contributed by atoms with Crippen LogP contribution >= 0.6 is 15.9 Å². The van der Waals surface area contributed by atoms with Gasteiger partial charge in [0, 0.05) is 28.7 Å². The zero-order valence-corrected chi connectivity index (χ0v) is 15.6. The van der Waals surface area contributed by atoms with E-state index in [0.29, 0.717) is 29.8 Å². The number of nitrogens with one attached hydrogen (secondary N) is 1. The summed E-state index contributed by atoms with van der Waals surface area (Å²) in [5.41, 5.74) is 1.31. The number of carbonyl (C=O) groups is 1. The van der Waals surface area contributed by atoms with Gasteiger partial charge in [0.25, 0.3) is 5.91 Å². The van der Waals surface area contributed by atoms with Crippen LogP contribution in [0.4, 0.5) is 10.1 Å². The molecule has 1 saturated heterocycles. The Morgan fingerprint density at radius 2 is 1.92 bits per heavy atom. The van der Waals surface area contributed by atoms with Gasteiger partial charge >= 0.3 is 0 Å². The molecule has 1 aliphatic rings. The predicted molar refractivity (Wildman–Crippen MR) is 97.5 cm³/mol. The number of anilines is 1. The first-order valence-electron chi connectivity index (χ1n) is 7.69. The molecule has 0 radical (unpaired) electrons. The van der Waals surface area contributed by atoms with Gasteiger partial charge in [0.2, 0.25) is 10.0 Å². The molecule has 8 heteroatoms. The minimum absolute atomic E-state index is 0.0619. The second-order valence-corrected chi connectivity index (χ2v) is 8.64. The Kier molecular flexibility index (Phi) is 5.10. The van der Waals surface area contributed by atoms with Crippen molar-refractivity contribution in [2.24, 2.45) is 0 Å². The first-order valence-corrected chi connectivity index (χ1v) is 10.1. The van der Waals surface area contributed by atoms with Gasteiger partial charge in [-0.1, -0.05) is 15.9 Å². The summed E-state index contributed by atoms with van der Waals surface area (Å²) in [5, 5.41) is 2.66. The predicted octanol–water partition coefficient (Wildman–Crippen LogP) is 3.06. The molecule has 132 valence electrons. The smallest absolute Gasteiger partial charge is 0.251 e. The van der Waals surface area contributed by atoms with Crippen molar-refractivity contribution in [2.45, 2.75) is 13.0 Å². The van der Waals surface area contributed by atoms with Crippen molar-refractivity contribution in [3.8, 4) is 0 Å². The number of amides is 1. The third kappa shape index (κ3) is 4.01. The summed E-state index contributed by atoms with van der Waals surface area (Å²) in [4.78, 5) is 12.2. The van der Waals surface area contributed by atoms with E-state index in [0.717, 1.165) is 4.47 Å². The highest BCUT2D eigenvalue weighted by Crippen LogP contribution is 2.24. The van der Waals surface area contributed by atoms with Gasteiger partial charge in [-0.05, 0) is 48.9 Å². The Labute approximate surface area is 154 Å². The van der Waals surface area contributed by atoms with E-state index in [9.17, 15) is 17.6 Å². The minimum atomic E-state index is -3.24. The van der Waals surface area contributed by atoms with Crippen LogP contribution in [0.15, 0.2) is 46.9 Å². The van der Waals surface area contributed by atoms with E-state index >= 15 is 0 Å². The van der Waals surface area contributed by atoms with Crippen LogP contribution in [-0.2, 0) is 16.6 Å². The number of benzene rings is 2. The Hall–Kier alpha value is -1.93. The molecule has 1 N–H and O–H groups in total. The monoisotopic (exact) mass is 426 g/mol. The third-order valence-corrected chi connectivity index (χ3v) is 6.33. The number of carbonyl (C=O) groups excluding carboxylic acids is 1. The Morgan fingerprint density at radius 1 is 1.20 bits per heavy atom. The second kappa shape index (κ2) is 7.13. The summed E-state index contributed by atoms with van der Waals surface area (Å²) >= 11 is 3.26. The van der Waals surface area contributed by atoms with Gasteiger partial charge in [-0.25, -0.2) is 12.8 Å². The van der Waals surface area contributed by atoms with E-state index in [4.69, 9.17) is 0 Å². The van der Waals surface area contributed by atoms with Crippen molar-refractivity contribution >= 4 is 37.5 Å². The standard InChI is InChI=1S/C17H16BrFN2O3S/c18-14-4-7-16(19)13(10-14)11-20-17(22)12-2-5-15(6-3-12)21-8-1-9-25(21,23)24/h2-7,10H,1,8-9,11H2,(H,20,22). The Balaban J connectivity index is 1.68. The van der Waals surface area contributed by atoms with Crippen LogP contribution in [0.5, 0.6) is 0 Å². The zero-order valence-electron chi connectivity index (χ0n) is 13.2. The molecule has 0 bridgehead atoms. The lowest BCUT2D eigenvalue weighted by Crippen LogP contribution is -2.26. The van der Waals surface area contributed by atoms with Gasteiger partial charge in [0.15, 0.2) is 0 Å². The summed E-state index contributed by atoms with van der Waals surface area (Å²) in [7, 11) is -3.24. The first-order chi connectivity index (χ1) is 11.9. The Morgan fingerprint density at radius 3 is 2.56 bits per heavy atom. The van der Waals surface area contributed by atoms with E-state index in [1.807, 2.05) is 0 Å². The SMILES string of the molecule is O=C(NCc1cc(Br)ccc1F)c1ccc(N2CCCS2(=O)=O)cc1. The highest BCUT2D eigenvalue weighted by atomic mass is 79.9. The van der Waals surface area contributed by atoms with Gasteiger partial charge in [0.1, 0.15) is 5.82 Å². The molecule has 3 rings (SSSR count). The van der Waals surface area contributed by atoms with E-state index < -0.39 is 15.8 Å². The molecular weight excluding hydrogens is 411 g/mol. The summed E-state index contributed by atoms with van der Waals surface area (Å²) in [6.45, 7) is 0.516. The van der Waals surface area contributed by atoms with E-state index in [1.165, 1.54) is 10.4 Å². The van der Waals surface area contributed by atoms with Crippen molar-refractivity contribution < 1.29 is 17.6 Å². The minimum Gasteiger partial charge on any atom is -0.348 e. The van der Waals surface area contributed by atoms with Gasteiger partial charge in [-0.3, -0.25) is 9.10 Å². The molecule has 0 atom stereocenters. The molecule has 0 aliphatic carbocycles. The fourth-order valence-corrected chi connectivity index (χ4v) is 4.64. The molecular formula is C17H16BrFN2O3S. The lowest BCUT2D eigenvalue weighted by Gasteiger charge is -2.17. The molecule has 1 heterocycles. The van der Waals surface area contributed by atoms with Crippen LogP contribution in [0.25, 0.3) is 0 Å². The highest BCUT2D eigenvalue weighted by molar-refractivity contribution is 9.10. The molecule has 0 saturated carbocycles. The molecule has 2 aromatic rings. The average Bonchev–Trinajstić information content (AvgIpc) is 2.95. The summed E-state index contributed by atoms with van der Waals surface area (Å²) in [6.07, 6.45) is 0.600. The summed E-state index contributed by atoms with van der Waals surface area (Å²) in [6, 6.07) is 10.9. The van der Waals surface area contributed by atoms with Gasteiger partial charge < -0.3 is 5.32 Å². The molecule has 5 nitrogen and oxygen atoms in total. The fourth-order valence-electron chi connectivity index (χ4n) is 2.66. The maximum absolute atomic E-state index is 13.7. The van der Waals surface area contributed by atoms with Gasteiger partial charge in [-0.2, -0.15) is 0 Å². The van der Waals surface area contributed by atoms with Crippen LogP contribution in [0.1, 0.15) is 22.3 Å². The number of halogens is 2. The number of rotatable bonds is 4. The average molecular weight is 427 g/mol. The van der Waals surface area contributed by atoms with Crippen LogP contribution in [0.2, 0.25) is 0 Å². The molecule has 1 amide bonds. The molecule has 0 spiro atoms. The molecule has 1 aliphatic heterocycles. The van der Waals surface area contributed by atoms with Crippen LogP contribution < -0.4 is 9.62 Å². The maximum atomic E-state index is 13.7. The quantitative estimate of drug-likeness (QED) is 0.816. The second-order valence-electron chi connectivity index (χ2n) is 5.71. The zero-order chi connectivity index (χ0) is 18.0. The van der Waals surface area contributed by atoms with E-state index in [-0.39, 0.29) is 18.2 Å². The van der Waals surface area contributed by atoms with Crippen molar-refractivity contribution in [2.75, 3.05) is 16.6 Å². The lowest BCUT2D eigenvalue weighted by atomic mass is 10.1. The summed E-state index contributed by atoms with van der Waals surface area (Å²) < 4.78 is 39.6. The number of hydrogen-bond donors (Lipinski definition) is 1. The van der Waals surface area contributed by atoms with Crippen LogP contribution in [0.3, 0.4) is 0 Å². The number of sulfonamides is 1. The molecule has 0 aromatic heterocycles. The first kappa shape index (κ1) is 17.9. The molecule has 2 aromatic carbocycles. The normalized spacial score (nSPS) is 16.0. The van der Waals surface area contributed by atoms with Crippen molar-refractivity contribution in [3.05, 3.63) is 63.9 Å². The number of hydrogen-bond acceptors (Lipinski definition) is 3. The largest absolute Gasteiger partial charge is 0.348 e. The van der Waals surface area contributed by atoms with Crippen molar-refractivity contribution in [1.29, 1.82) is 0 Å². The van der Waals surface area contributed by atoms with E-state index in [2.05, 4.69) is 21.2 Å². The topological polar surface area (TPSA) is 66.5 Å². The van der Waals surface area contributed by atoms with Crippen molar-refractivity contribution in [3.63, 3.8) is 0 Å². The maximum Gasteiger partial charge on any atom is 0.251 e. The Bertz CT molecular complexity index is 901. The lowest BCUT2D eigenvalue weighted by molar-refractivity contribution is 0.0950. The van der Waals surface area contributed by atoms with Crippen molar-refractivity contribution in [1.82, 2.24) is 5.32 Å². The van der Waals surface area contributed by atoms with Crippen LogP contribution in [0, 0.1) is 5.82 Å². The number of nitrogens with zero attached hydrogens (tertiary/aromatic N) is 1. The third-order valence-electron chi connectivity index (χ3n) is 3.96. The molecule has 25 heavy (non-hydrogen) atoms. The highest BCUT2D eigenvalue weighted by Gasteiger charge is 2.28. The molecule has 1 fully saturated rings. The van der Waals surface area contributed by atoms with Gasteiger partial charge in [-0.15, -0.1) is 0 Å². The summed E-state index contributed by atoms with van der Waals surface area (Å²) in [5.74, 6) is -0.596. The van der Waals surface area contributed by atoms with Crippen LogP contribution in [-0.4, -0.2) is 26.6 Å². The fraction of sp³-hybridized carbons (Fsp3) is 0.235. The molecule has 0 unspecified atom stereocenters. The van der Waals surface area contributed by atoms with Gasteiger partial charge in [0.05, 0.1) is 11.4 Å².